The molecule has 31 heavy (non-hydrogen) atoms. The number of aryl methyl sites for hydroxylation is 1. The number of likely N-dealkylation sites (N-methyl/N-ethyl adjacent to an activating group) is 1. The van der Waals surface area contributed by atoms with E-state index in [1.165, 1.54) is 0 Å². The number of para-hydroxylation sites is 2. The zero-order valence-electron chi connectivity index (χ0n) is 18.3. The number of hydrogen-bond donors (Lipinski definition) is 3. The fraction of sp³-hybridized carbons (Fsp3) is 0.231. The van der Waals surface area contributed by atoms with Gasteiger partial charge in [0.1, 0.15) is 0 Å². The highest BCUT2D eigenvalue weighted by Gasteiger charge is 2.25. The number of benzene rings is 3. The van der Waals surface area contributed by atoms with Crippen LogP contribution in [0, 0.1) is 0 Å². The minimum Gasteiger partial charge on any atom is -0.321 e. The van der Waals surface area contributed by atoms with Crippen molar-refractivity contribution in [2.75, 3.05) is 24.2 Å². The van der Waals surface area contributed by atoms with Gasteiger partial charge >= 0.3 is 0 Å². The molecule has 160 valence electrons. The fourth-order valence-corrected chi connectivity index (χ4v) is 3.48. The molecular formula is C26H30N3O2+. The van der Waals surface area contributed by atoms with Crippen molar-refractivity contribution in [2.24, 2.45) is 0 Å². The van der Waals surface area contributed by atoms with E-state index in [0.29, 0.717) is 0 Å². The molecule has 0 aliphatic rings. The fourth-order valence-electron chi connectivity index (χ4n) is 3.48. The molecule has 3 aromatic rings. The molecule has 3 N–H and O–H groups in total. The summed E-state index contributed by atoms with van der Waals surface area (Å²) in [6, 6.07) is 25.1. The van der Waals surface area contributed by atoms with Crippen LogP contribution in [-0.2, 0) is 16.0 Å². The van der Waals surface area contributed by atoms with Crippen LogP contribution in [0.4, 0.5) is 11.4 Å². The molecule has 5 heteroatoms. The molecule has 3 aromatic carbocycles. The average molecular weight is 417 g/mol. The van der Waals surface area contributed by atoms with Gasteiger partial charge in [-0.05, 0) is 36.6 Å². The predicted molar refractivity (Wildman–Crippen MR) is 126 cm³/mol. The molecule has 2 amide bonds. The Bertz CT molecular complexity index is 1030. The second-order valence-corrected chi connectivity index (χ2v) is 7.70. The number of rotatable bonds is 8. The monoisotopic (exact) mass is 416 g/mol. The molecule has 0 radical (unpaired) electrons. The normalized spacial score (nSPS) is 12.6. The SMILES string of the molecule is CCc1ccccc1NC(=O)C[NH+](C)[C@@H](C)C(=O)Nc1ccccc1-c1ccccc1. The third-order valence-electron chi connectivity index (χ3n) is 5.51. The van der Waals surface area contributed by atoms with Crippen LogP contribution in [0.3, 0.4) is 0 Å². The Morgan fingerprint density at radius 2 is 1.45 bits per heavy atom. The van der Waals surface area contributed by atoms with E-state index >= 15 is 0 Å². The largest absolute Gasteiger partial charge is 0.321 e. The molecule has 0 saturated carbocycles. The van der Waals surface area contributed by atoms with E-state index in [-0.39, 0.29) is 18.4 Å². The Kier molecular flexibility index (Phi) is 7.57. The number of nitrogens with one attached hydrogen (secondary N) is 3. The summed E-state index contributed by atoms with van der Waals surface area (Å²) in [4.78, 5) is 26.3. The van der Waals surface area contributed by atoms with E-state index in [1.807, 2.05) is 92.8 Å². The van der Waals surface area contributed by atoms with Crippen LogP contribution in [0.25, 0.3) is 11.1 Å². The number of quaternary nitrogens is 1. The molecule has 0 heterocycles. The van der Waals surface area contributed by atoms with E-state index in [0.717, 1.165) is 39.4 Å². The van der Waals surface area contributed by atoms with Gasteiger partial charge in [-0.3, -0.25) is 9.59 Å². The van der Waals surface area contributed by atoms with Crippen molar-refractivity contribution in [3.8, 4) is 11.1 Å². The lowest BCUT2D eigenvalue weighted by atomic mass is 10.0. The zero-order chi connectivity index (χ0) is 22.2. The van der Waals surface area contributed by atoms with E-state index in [2.05, 4.69) is 17.6 Å². The van der Waals surface area contributed by atoms with Crippen LogP contribution in [0.2, 0.25) is 0 Å². The lowest BCUT2D eigenvalue weighted by Gasteiger charge is -2.21. The van der Waals surface area contributed by atoms with Gasteiger partial charge in [-0.1, -0.05) is 73.7 Å². The highest BCUT2D eigenvalue weighted by atomic mass is 16.2. The van der Waals surface area contributed by atoms with E-state index < -0.39 is 6.04 Å². The molecule has 0 aliphatic carbocycles. The highest BCUT2D eigenvalue weighted by Crippen LogP contribution is 2.27. The van der Waals surface area contributed by atoms with Crippen molar-refractivity contribution in [3.05, 3.63) is 84.4 Å². The number of carbonyl (C=O) groups is 2. The molecule has 5 nitrogen and oxygen atoms in total. The minimum absolute atomic E-state index is 0.109. The first-order chi connectivity index (χ1) is 15.0. The first kappa shape index (κ1) is 22.2. The zero-order valence-corrected chi connectivity index (χ0v) is 18.3. The summed E-state index contributed by atoms with van der Waals surface area (Å²) < 4.78 is 0. The molecule has 1 unspecified atom stereocenters. The number of hydrogen-bond acceptors (Lipinski definition) is 2. The summed E-state index contributed by atoms with van der Waals surface area (Å²) in [7, 11) is 1.86. The Morgan fingerprint density at radius 1 is 0.839 bits per heavy atom. The second-order valence-electron chi connectivity index (χ2n) is 7.70. The topological polar surface area (TPSA) is 62.6 Å². The van der Waals surface area contributed by atoms with Crippen molar-refractivity contribution in [1.82, 2.24) is 0 Å². The van der Waals surface area contributed by atoms with Crippen LogP contribution in [0.15, 0.2) is 78.9 Å². The molecule has 0 aromatic heterocycles. The molecule has 0 saturated heterocycles. The van der Waals surface area contributed by atoms with Crippen molar-refractivity contribution >= 4 is 23.2 Å². The quantitative estimate of drug-likeness (QED) is 0.527. The molecule has 0 spiro atoms. The van der Waals surface area contributed by atoms with E-state index in [4.69, 9.17) is 0 Å². The van der Waals surface area contributed by atoms with Gasteiger partial charge in [0.25, 0.3) is 11.8 Å². The highest BCUT2D eigenvalue weighted by molar-refractivity contribution is 5.98. The van der Waals surface area contributed by atoms with Gasteiger partial charge in [0.15, 0.2) is 12.6 Å². The van der Waals surface area contributed by atoms with Crippen LogP contribution < -0.4 is 15.5 Å². The number of anilines is 2. The third-order valence-corrected chi connectivity index (χ3v) is 5.51. The average Bonchev–Trinajstić information content (AvgIpc) is 2.79. The van der Waals surface area contributed by atoms with Gasteiger partial charge in [-0.25, -0.2) is 0 Å². The molecule has 0 bridgehead atoms. The third kappa shape index (κ3) is 5.80. The van der Waals surface area contributed by atoms with Crippen LogP contribution in [0.5, 0.6) is 0 Å². The Hall–Kier alpha value is -3.44. The van der Waals surface area contributed by atoms with E-state index in [1.54, 1.807) is 0 Å². The predicted octanol–water partition coefficient (Wildman–Crippen LogP) is 3.40. The van der Waals surface area contributed by atoms with Gasteiger partial charge in [0, 0.05) is 16.9 Å². The van der Waals surface area contributed by atoms with Gasteiger partial charge in [0.2, 0.25) is 0 Å². The molecule has 2 atom stereocenters. The Balaban J connectivity index is 1.63. The van der Waals surface area contributed by atoms with Crippen LogP contribution in [-0.4, -0.2) is 31.4 Å². The van der Waals surface area contributed by atoms with Crippen molar-refractivity contribution in [3.63, 3.8) is 0 Å². The molecule has 0 fully saturated rings. The summed E-state index contributed by atoms with van der Waals surface area (Å²) in [5.74, 6) is -0.231. The molecule has 0 aliphatic heterocycles. The van der Waals surface area contributed by atoms with Gasteiger partial charge in [-0.15, -0.1) is 0 Å². The maximum Gasteiger partial charge on any atom is 0.282 e. The molecular weight excluding hydrogens is 386 g/mol. The van der Waals surface area contributed by atoms with Gasteiger partial charge in [0.05, 0.1) is 7.05 Å². The first-order valence-corrected chi connectivity index (χ1v) is 10.6. The van der Waals surface area contributed by atoms with E-state index in [9.17, 15) is 9.59 Å². The van der Waals surface area contributed by atoms with Gasteiger partial charge in [-0.2, -0.15) is 0 Å². The summed E-state index contributed by atoms with van der Waals surface area (Å²) in [6.07, 6.45) is 0.846. The van der Waals surface area contributed by atoms with Crippen molar-refractivity contribution in [1.29, 1.82) is 0 Å². The van der Waals surface area contributed by atoms with Gasteiger partial charge < -0.3 is 15.5 Å². The minimum atomic E-state index is -0.393. The lowest BCUT2D eigenvalue weighted by molar-refractivity contribution is -0.885. The van der Waals surface area contributed by atoms with Crippen molar-refractivity contribution < 1.29 is 14.5 Å². The summed E-state index contributed by atoms with van der Waals surface area (Å²) in [5.41, 5.74) is 4.70. The maximum atomic E-state index is 12.9. The maximum absolute atomic E-state index is 12.9. The lowest BCUT2D eigenvalue weighted by Crippen LogP contribution is -3.14. The summed E-state index contributed by atoms with van der Waals surface area (Å²) >= 11 is 0. The smallest absolute Gasteiger partial charge is 0.282 e. The Labute approximate surface area is 184 Å². The van der Waals surface area contributed by atoms with Crippen molar-refractivity contribution in [2.45, 2.75) is 26.3 Å². The summed E-state index contributed by atoms with van der Waals surface area (Å²) in [5, 5.41) is 6.01. The number of carbonyl (C=O) groups excluding carboxylic acids is 2. The first-order valence-electron chi connectivity index (χ1n) is 10.6. The summed E-state index contributed by atoms with van der Waals surface area (Å²) in [6.45, 7) is 4.10. The molecule has 3 rings (SSSR count). The second kappa shape index (κ2) is 10.5. The van der Waals surface area contributed by atoms with Crippen LogP contribution >= 0.6 is 0 Å². The standard InChI is InChI=1S/C26H29N3O2/c1-4-20-12-8-10-16-23(20)27-25(30)18-29(3)19(2)26(31)28-24-17-11-9-15-22(24)21-13-6-5-7-14-21/h5-17,19H,4,18H2,1-3H3,(H,27,30)(H,28,31)/p+1/t19-/m0/s1. The van der Waals surface area contributed by atoms with Crippen LogP contribution in [0.1, 0.15) is 19.4 Å². The Morgan fingerprint density at radius 3 is 2.16 bits per heavy atom. The number of amides is 2.